The van der Waals surface area contributed by atoms with Crippen LogP contribution in [-0.2, 0) is 52.2 Å². The van der Waals surface area contributed by atoms with E-state index in [2.05, 4.69) is 0 Å². The zero-order valence-corrected chi connectivity index (χ0v) is 51.0. The van der Waals surface area contributed by atoms with Crippen molar-refractivity contribution >= 4 is 62.6 Å². The fourth-order valence-corrected chi connectivity index (χ4v) is 15.6. The lowest BCUT2D eigenvalue weighted by Gasteiger charge is -2.14. The second-order valence-electron chi connectivity index (χ2n) is 19.0. The molecule has 0 saturated carbocycles. The highest BCUT2D eigenvalue weighted by Crippen LogP contribution is 2.37. The number of rotatable bonds is 10. The van der Waals surface area contributed by atoms with E-state index in [1.54, 1.807) is 55.4 Å². The minimum atomic E-state index is -3.81. The third-order valence-corrected chi connectivity index (χ3v) is 21.8. The van der Waals surface area contributed by atoms with Crippen LogP contribution in [0.3, 0.4) is 0 Å². The Kier molecular flexibility index (Phi) is 20.5. The standard InChI is InChI=1S/3C16H18O4S.C12H8Cl2O4S/c1-9-7-15(11(3)5-13(9)17)21(19,20)16-8-10(2)14(18)6-12(16)4;1-9-11(3)15(7-5-13(9)17)21(19,20)16-8-6-14(18)10(2)12(16)4;1-3-11-9-13(17)5-7-15(11)21(19,20)16-8-6-14(18)10-12(16)4-2;13-9-5-7(1-3-11(9)15)19(17,18)8-2-4-12(16)10(14)6-8/h2*5-8,17-18H,1-4H3;5-10,17-18H,3-4H2,1-2H3;1-6,15-16H. The Labute approximate surface area is 488 Å². The van der Waals surface area contributed by atoms with Crippen LogP contribution in [0, 0.1) is 55.4 Å². The highest BCUT2D eigenvalue weighted by atomic mass is 35.5. The molecule has 0 atom stereocenters. The second-order valence-corrected chi connectivity index (χ2v) is 27.4. The number of phenols is 8. The molecule has 82 heavy (non-hydrogen) atoms. The smallest absolute Gasteiger partial charge is 0.207 e. The zero-order chi connectivity index (χ0) is 61.7. The third-order valence-electron chi connectivity index (χ3n) is 13.5. The molecule has 22 heteroatoms. The van der Waals surface area contributed by atoms with Crippen molar-refractivity contribution in [3.8, 4) is 46.0 Å². The summed E-state index contributed by atoms with van der Waals surface area (Å²) in [6.07, 6.45) is 1.00. The van der Waals surface area contributed by atoms with Crippen LogP contribution in [0.15, 0.2) is 160 Å². The van der Waals surface area contributed by atoms with E-state index < -0.39 is 39.3 Å². The highest BCUT2D eigenvalue weighted by Gasteiger charge is 2.28. The molecule has 8 N–H and O–H groups in total. The van der Waals surface area contributed by atoms with E-state index in [0.717, 1.165) is 12.1 Å². The number of aryl methyl sites for hydroxylation is 6. The van der Waals surface area contributed by atoms with Crippen LogP contribution in [0.1, 0.15) is 69.5 Å². The first-order valence-corrected chi connectivity index (χ1v) is 31.5. The van der Waals surface area contributed by atoms with Crippen LogP contribution < -0.4 is 0 Å². The van der Waals surface area contributed by atoms with E-state index in [1.165, 1.54) is 109 Å². The molecule has 0 unspecified atom stereocenters. The molecule has 8 aromatic rings. The average Bonchev–Trinajstić information content (AvgIpc) is 3.50. The molecule has 0 radical (unpaired) electrons. The summed E-state index contributed by atoms with van der Waals surface area (Å²) in [7, 11) is -14.9. The van der Waals surface area contributed by atoms with Crippen molar-refractivity contribution in [2.24, 2.45) is 0 Å². The first-order valence-electron chi connectivity index (χ1n) is 24.8. The molecule has 436 valence electrons. The molecule has 0 aromatic heterocycles. The van der Waals surface area contributed by atoms with Crippen LogP contribution >= 0.6 is 23.2 Å². The van der Waals surface area contributed by atoms with E-state index in [9.17, 15) is 74.5 Å². The largest absolute Gasteiger partial charge is 0.508 e. The minimum absolute atomic E-state index is 0.0484. The first kappa shape index (κ1) is 65.4. The van der Waals surface area contributed by atoms with Gasteiger partial charge in [-0.15, -0.1) is 0 Å². The van der Waals surface area contributed by atoms with Gasteiger partial charge >= 0.3 is 0 Å². The fourth-order valence-electron chi connectivity index (χ4n) is 8.28. The lowest BCUT2D eigenvalue weighted by Crippen LogP contribution is -2.08. The number of benzene rings is 8. The molecule has 0 saturated heterocycles. The van der Waals surface area contributed by atoms with Gasteiger partial charge in [-0.1, -0.05) is 37.0 Å². The van der Waals surface area contributed by atoms with E-state index in [1.807, 2.05) is 13.8 Å². The SMILES string of the molecule is CCc1cc(O)ccc1S(=O)(=O)c1ccc(O)cc1CC.Cc1c(O)ccc(S(=O)(=O)c2ccc(O)c(C)c2C)c1C.Cc1cc(S(=O)(=O)c2cc(C)c(O)cc2C)c(C)cc1O.O=S(=O)(c1ccc(O)c(Cl)c1)c1ccc(O)c(Cl)c1. The number of aromatic hydroxyl groups is 8. The lowest BCUT2D eigenvalue weighted by atomic mass is 10.1. The Balaban J connectivity index is 0.000000201. The van der Waals surface area contributed by atoms with Gasteiger partial charge < -0.3 is 40.9 Å². The topological polar surface area (TPSA) is 298 Å². The number of hydrogen-bond acceptors (Lipinski definition) is 16. The van der Waals surface area contributed by atoms with Crippen molar-refractivity contribution in [1.29, 1.82) is 0 Å². The highest BCUT2D eigenvalue weighted by molar-refractivity contribution is 7.92. The molecule has 0 aliphatic carbocycles. The average molecular weight is 1240 g/mol. The van der Waals surface area contributed by atoms with E-state index >= 15 is 0 Å². The van der Waals surface area contributed by atoms with Gasteiger partial charge in [-0.3, -0.25) is 0 Å². The molecule has 8 rings (SSSR count). The van der Waals surface area contributed by atoms with Gasteiger partial charge in [0.2, 0.25) is 39.3 Å². The molecule has 0 amide bonds. The molecule has 0 aliphatic rings. The molecule has 0 heterocycles. The third kappa shape index (κ3) is 14.1. The summed E-state index contributed by atoms with van der Waals surface area (Å²) >= 11 is 11.4. The molecule has 0 bridgehead atoms. The summed E-state index contributed by atoms with van der Waals surface area (Å²) in [5.41, 5.74) is 5.29. The molecule has 0 fully saturated rings. The Morgan fingerprint density at radius 2 is 0.610 bits per heavy atom. The van der Waals surface area contributed by atoms with Gasteiger partial charge in [0.05, 0.1) is 49.2 Å². The van der Waals surface area contributed by atoms with Crippen LogP contribution in [0.2, 0.25) is 10.0 Å². The quantitative estimate of drug-likeness (QED) is 0.0631. The minimum Gasteiger partial charge on any atom is -0.508 e. The number of halogens is 2. The molecule has 16 nitrogen and oxygen atoms in total. The Bertz CT molecular complexity index is 3960. The molecule has 0 spiro atoms. The molecular weight excluding hydrogens is 1180 g/mol. The molecule has 0 aliphatic heterocycles. The summed E-state index contributed by atoms with van der Waals surface area (Å²) in [5.74, 6) is -0.0154. The lowest BCUT2D eigenvalue weighted by molar-refractivity contribution is 0.468. The normalized spacial score (nSPS) is 11.6. The van der Waals surface area contributed by atoms with Crippen molar-refractivity contribution < 1.29 is 74.5 Å². The van der Waals surface area contributed by atoms with Crippen LogP contribution in [0.4, 0.5) is 0 Å². The molecule has 8 aromatic carbocycles. The van der Waals surface area contributed by atoms with Gasteiger partial charge in [0.25, 0.3) is 0 Å². The van der Waals surface area contributed by atoms with Gasteiger partial charge in [-0.05, 0) is 245 Å². The molecular formula is C60H62Cl2O16S4. The number of sulfone groups is 4. The Morgan fingerprint density at radius 3 is 0.939 bits per heavy atom. The number of hydrogen-bond donors (Lipinski definition) is 8. The van der Waals surface area contributed by atoms with E-state index in [4.69, 9.17) is 23.2 Å². The van der Waals surface area contributed by atoms with Gasteiger partial charge in [0.15, 0.2) is 0 Å². The van der Waals surface area contributed by atoms with Crippen molar-refractivity contribution in [3.05, 3.63) is 187 Å². The van der Waals surface area contributed by atoms with Gasteiger partial charge in [0, 0.05) is 0 Å². The summed E-state index contributed by atoms with van der Waals surface area (Å²) in [4.78, 5) is 0.939. The maximum Gasteiger partial charge on any atom is 0.207 e. The fraction of sp³-hybridized carbons (Fsp3) is 0.200. The van der Waals surface area contributed by atoms with Gasteiger partial charge in [-0.2, -0.15) is 0 Å². The second kappa shape index (κ2) is 25.8. The Morgan fingerprint density at radius 1 is 0.305 bits per heavy atom. The monoisotopic (exact) mass is 1240 g/mol. The predicted octanol–water partition coefficient (Wildman–Crippen LogP) is 12.6. The summed E-state index contributed by atoms with van der Waals surface area (Å²) in [5, 5.41) is 76.1. The maximum absolute atomic E-state index is 12.9. The van der Waals surface area contributed by atoms with Crippen LogP contribution in [-0.4, -0.2) is 74.5 Å². The Hall–Kier alpha value is -7.46. The zero-order valence-electron chi connectivity index (χ0n) is 46.2. The van der Waals surface area contributed by atoms with Crippen molar-refractivity contribution in [3.63, 3.8) is 0 Å². The van der Waals surface area contributed by atoms with Gasteiger partial charge in [0.1, 0.15) is 46.0 Å². The van der Waals surface area contributed by atoms with E-state index in [-0.39, 0.29) is 95.2 Å². The number of phenolic OH excluding ortho intramolecular Hbond substituents is 8. The van der Waals surface area contributed by atoms with Crippen LogP contribution in [0.25, 0.3) is 0 Å². The summed E-state index contributed by atoms with van der Waals surface area (Å²) in [6.45, 7) is 17.0. The first-order chi connectivity index (χ1) is 38.0. The van der Waals surface area contributed by atoms with E-state index in [0.29, 0.717) is 68.5 Å². The van der Waals surface area contributed by atoms with Crippen LogP contribution in [0.5, 0.6) is 46.0 Å². The summed E-state index contributed by atoms with van der Waals surface area (Å²) < 4.78 is 102. The van der Waals surface area contributed by atoms with Crippen molar-refractivity contribution in [2.75, 3.05) is 0 Å². The predicted molar refractivity (Wildman–Crippen MR) is 313 cm³/mol. The van der Waals surface area contributed by atoms with Crippen molar-refractivity contribution in [2.45, 2.75) is 121 Å². The summed E-state index contributed by atoms with van der Waals surface area (Å²) in [6, 6.07) is 27.1. The maximum atomic E-state index is 12.9. The van der Waals surface area contributed by atoms with Gasteiger partial charge in [-0.25, -0.2) is 33.7 Å². The van der Waals surface area contributed by atoms with Crippen molar-refractivity contribution in [1.82, 2.24) is 0 Å².